The fourth-order valence-electron chi connectivity index (χ4n) is 2.86. The van der Waals surface area contributed by atoms with E-state index in [1.165, 1.54) is 11.8 Å². The first kappa shape index (κ1) is 22.4. The van der Waals surface area contributed by atoms with Crippen molar-refractivity contribution in [2.24, 2.45) is 0 Å². The fourth-order valence-corrected chi connectivity index (χ4v) is 3.48. The Hall–Kier alpha value is -3.33. The van der Waals surface area contributed by atoms with E-state index in [2.05, 4.69) is 39.7 Å². The molecule has 162 valence electrons. The number of nitrogens with zero attached hydrogens (tertiary/aromatic N) is 2. The van der Waals surface area contributed by atoms with Crippen LogP contribution in [0.2, 0.25) is 0 Å². The lowest BCUT2D eigenvalue weighted by molar-refractivity contribution is -0.113. The van der Waals surface area contributed by atoms with Crippen LogP contribution in [0.5, 0.6) is 5.75 Å². The van der Waals surface area contributed by atoms with Gasteiger partial charge in [0.25, 0.3) is 5.91 Å². The zero-order valence-corrected chi connectivity index (χ0v) is 18.5. The Bertz CT molecular complexity index is 1030. The van der Waals surface area contributed by atoms with Gasteiger partial charge in [0, 0.05) is 11.3 Å². The van der Waals surface area contributed by atoms with Crippen LogP contribution in [0.4, 0.5) is 5.69 Å². The third-order valence-corrected chi connectivity index (χ3v) is 5.32. The first-order chi connectivity index (χ1) is 15.0. The molecule has 0 bridgehead atoms. The number of para-hydroxylation sites is 1. The first-order valence-electron chi connectivity index (χ1n) is 9.81. The van der Waals surface area contributed by atoms with Gasteiger partial charge in [-0.15, -0.1) is 5.10 Å². The quantitative estimate of drug-likeness (QED) is 0.440. The average molecular weight is 440 g/mol. The van der Waals surface area contributed by atoms with Crippen molar-refractivity contribution < 1.29 is 14.3 Å². The van der Waals surface area contributed by atoms with Crippen molar-refractivity contribution in [3.63, 3.8) is 0 Å². The molecule has 1 heterocycles. The number of aromatic nitrogens is 3. The molecule has 3 aromatic rings. The summed E-state index contributed by atoms with van der Waals surface area (Å²) in [5.41, 5.74) is 2.43. The van der Waals surface area contributed by atoms with Crippen LogP contribution in [0, 0.1) is 0 Å². The Morgan fingerprint density at radius 1 is 1.13 bits per heavy atom. The van der Waals surface area contributed by atoms with Gasteiger partial charge >= 0.3 is 0 Å². The van der Waals surface area contributed by atoms with Gasteiger partial charge in [-0.2, -0.15) is 0 Å². The number of anilines is 1. The predicted molar refractivity (Wildman–Crippen MR) is 120 cm³/mol. The van der Waals surface area contributed by atoms with Crippen LogP contribution in [0.15, 0.2) is 53.7 Å². The van der Waals surface area contributed by atoms with Gasteiger partial charge in [0.1, 0.15) is 11.6 Å². The molecule has 0 atom stereocenters. The summed E-state index contributed by atoms with van der Waals surface area (Å²) < 4.78 is 5.08. The van der Waals surface area contributed by atoms with Gasteiger partial charge in [-0.1, -0.05) is 43.8 Å². The van der Waals surface area contributed by atoms with Crippen molar-refractivity contribution in [3.8, 4) is 5.75 Å². The second-order valence-corrected chi connectivity index (χ2v) is 8.00. The third-order valence-electron chi connectivity index (χ3n) is 4.47. The van der Waals surface area contributed by atoms with Crippen molar-refractivity contribution >= 4 is 29.3 Å². The number of hydrogen-bond acceptors (Lipinski definition) is 6. The Morgan fingerprint density at radius 2 is 1.87 bits per heavy atom. The highest BCUT2D eigenvalue weighted by molar-refractivity contribution is 7.99. The van der Waals surface area contributed by atoms with E-state index >= 15 is 0 Å². The first-order valence-corrected chi connectivity index (χ1v) is 10.8. The molecule has 0 aliphatic carbocycles. The zero-order chi connectivity index (χ0) is 22.2. The topological polar surface area (TPSA) is 109 Å². The second-order valence-electron chi connectivity index (χ2n) is 7.05. The van der Waals surface area contributed by atoms with Gasteiger partial charge in [-0.05, 0) is 41.8 Å². The number of aromatic amines is 1. The highest BCUT2D eigenvalue weighted by Gasteiger charge is 2.12. The lowest BCUT2D eigenvalue weighted by atomic mass is 10.0. The summed E-state index contributed by atoms with van der Waals surface area (Å²) in [5, 5.41) is 13.0. The normalized spacial score (nSPS) is 10.7. The molecule has 0 unspecified atom stereocenters. The van der Waals surface area contributed by atoms with Crippen LogP contribution >= 0.6 is 11.8 Å². The van der Waals surface area contributed by atoms with Crippen LogP contribution in [0.1, 0.15) is 41.5 Å². The third kappa shape index (κ3) is 6.32. The maximum absolute atomic E-state index is 12.3. The predicted octanol–water partition coefficient (Wildman–Crippen LogP) is 3.60. The summed E-state index contributed by atoms with van der Waals surface area (Å²) >= 11 is 1.23. The van der Waals surface area contributed by atoms with Gasteiger partial charge in [0.05, 0.1) is 19.4 Å². The summed E-state index contributed by atoms with van der Waals surface area (Å²) in [6, 6.07) is 14.6. The Balaban J connectivity index is 1.47. The largest absolute Gasteiger partial charge is 0.497 e. The van der Waals surface area contributed by atoms with Gasteiger partial charge < -0.3 is 15.4 Å². The smallest absolute Gasteiger partial charge is 0.251 e. The van der Waals surface area contributed by atoms with E-state index in [4.69, 9.17) is 4.74 Å². The highest BCUT2D eigenvalue weighted by atomic mass is 32.2. The minimum absolute atomic E-state index is 0.128. The molecule has 0 aliphatic rings. The number of carbonyl (C=O) groups excluding carboxylic acids is 2. The second kappa shape index (κ2) is 10.6. The molecule has 9 heteroatoms. The molecule has 0 fully saturated rings. The van der Waals surface area contributed by atoms with Crippen molar-refractivity contribution in [1.29, 1.82) is 0 Å². The molecule has 8 nitrogen and oxygen atoms in total. The number of methoxy groups -OCH3 is 1. The van der Waals surface area contributed by atoms with Crippen molar-refractivity contribution in [1.82, 2.24) is 20.5 Å². The van der Waals surface area contributed by atoms with Gasteiger partial charge in [0.15, 0.2) is 0 Å². The number of benzene rings is 2. The number of carbonyl (C=O) groups is 2. The molecule has 0 spiro atoms. The summed E-state index contributed by atoms with van der Waals surface area (Å²) in [5.74, 6) is 1.34. The summed E-state index contributed by atoms with van der Waals surface area (Å²) in [6.07, 6.45) is 0. The molecule has 0 aliphatic heterocycles. The van der Waals surface area contributed by atoms with E-state index < -0.39 is 0 Å². The monoisotopic (exact) mass is 439 g/mol. The van der Waals surface area contributed by atoms with Crippen molar-refractivity contribution in [2.45, 2.75) is 31.5 Å². The standard InChI is InChI=1S/C22H25N5O3S/c1-14(2)17-6-4-5-7-18(17)24-20(28)13-31-22-25-19(26-27-22)12-23-21(29)15-8-10-16(30-3)11-9-15/h4-11,14H,12-13H2,1-3H3,(H,23,29)(H,24,28)(H,25,26,27). The molecule has 0 saturated carbocycles. The summed E-state index contributed by atoms with van der Waals surface area (Å²) in [6.45, 7) is 4.37. The summed E-state index contributed by atoms with van der Waals surface area (Å²) in [7, 11) is 1.57. The van der Waals surface area contributed by atoms with Gasteiger partial charge in [0.2, 0.25) is 11.1 Å². The van der Waals surface area contributed by atoms with Gasteiger partial charge in [-0.3, -0.25) is 14.7 Å². The number of thioether (sulfide) groups is 1. The Labute approximate surface area is 185 Å². The molecule has 2 amide bonds. The molecule has 3 rings (SSSR count). The molecule has 3 N–H and O–H groups in total. The number of rotatable bonds is 9. The highest BCUT2D eigenvalue weighted by Crippen LogP contribution is 2.24. The van der Waals surface area contributed by atoms with Crippen LogP contribution < -0.4 is 15.4 Å². The Kier molecular flexibility index (Phi) is 7.66. The SMILES string of the molecule is COc1ccc(C(=O)NCc2nc(SCC(=O)Nc3ccccc3C(C)C)n[nH]2)cc1. The fraction of sp³-hybridized carbons (Fsp3) is 0.273. The van der Waals surface area contributed by atoms with E-state index in [1.54, 1.807) is 31.4 Å². The lowest BCUT2D eigenvalue weighted by Crippen LogP contribution is -2.23. The molecular weight excluding hydrogens is 414 g/mol. The minimum atomic E-state index is -0.226. The molecule has 1 aromatic heterocycles. The van der Waals surface area contributed by atoms with Crippen LogP contribution in [0.25, 0.3) is 0 Å². The van der Waals surface area contributed by atoms with Crippen LogP contribution in [-0.4, -0.2) is 39.9 Å². The molecular formula is C22H25N5O3S. The molecule has 31 heavy (non-hydrogen) atoms. The van der Waals surface area contributed by atoms with Crippen molar-refractivity contribution in [3.05, 3.63) is 65.5 Å². The number of H-pyrrole nitrogens is 1. The lowest BCUT2D eigenvalue weighted by Gasteiger charge is -2.13. The maximum Gasteiger partial charge on any atom is 0.251 e. The minimum Gasteiger partial charge on any atom is -0.497 e. The van der Waals surface area contributed by atoms with E-state index in [0.717, 1.165) is 11.3 Å². The summed E-state index contributed by atoms with van der Waals surface area (Å²) in [4.78, 5) is 28.8. The number of amides is 2. The number of nitrogens with one attached hydrogen (secondary N) is 3. The van der Waals surface area contributed by atoms with E-state index in [0.29, 0.717) is 28.2 Å². The Morgan fingerprint density at radius 3 is 2.58 bits per heavy atom. The number of ether oxygens (including phenoxy) is 1. The van der Waals surface area contributed by atoms with Gasteiger partial charge in [-0.25, -0.2) is 4.98 Å². The van der Waals surface area contributed by atoms with Crippen LogP contribution in [-0.2, 0) is 11.3 Å². The average Bonchev–Trinajstić information content (AvgIpc) is 3.24. The van der Waals surface area contributed by atoms with Crippen LogP contribution in [0.3, 0.4) is 0 Å². The van der Waals surface area contributed by atoms with E-state index in [9.17, 15) is 9.59 Å². The molecule has 2 aromatic carbocycles. The molecule has 0 saturated heterocycles. The zero-order valence-electron chi connectivity index (χ0n) is 17.6. The van der Waals surface area contributed by atoms with Crippen molar-refractivity contribution in [2.75, 3.05) is 18.2 Å². The maximum atomic E-state index is 12.3. The van der Waals surface area contributed by atoms with E-state index in [1.807, 2.05) is 24.3 Å². The number of hydrogen-bond donors (Lipinski definition) is 3. The van der Waals surface area contributed by atoms with E-state index in [-0.39, 0.29) is 24.1 Å². The molecule has 0 radical (unpaired) electrons.